The molecule has 0 aliphatic carbocycles. The summed E-state index contributed by atoms with van der Waals surface area (Å²) in [6.45, 7) is -0.0549. The third kappa shape index (κ3) is 4.43. The van der Waals surface area contributed by atoms with Crippen LogP contribution in [0, 0.1) is 10.8 Å². The number of benzene rings is 1. The third-order valence-corrected chi connectivity index (χ3v) is 4.99. The number of hydrogen-bond acceptors (Lipinski definition) is 8. The van der Waals surface area contributed by atoms with E-state index in [1.165, 1.54) is 11.1 Å². The highest BCUT2D eigenvalue weighted by Gasteiger charge is 2.39. The van der Waals surface area contributed by atoms with Gasteiger partial charge in [0, 0.05) is 36.2 Å². The van der Waals surface area contributed by atoms with Gasteiger partial charge in [0.05, 0.1) is 18.3 Å². The van der Waals surface area contributed by atoms with Gasteiger partial charge < -0.3 is 14.8 Å². The van der Waals surface area contributed by atoms with Crippen LogP contribution in [0.4, 0.5) is 5.69 Å². The van der Waals surface area contributed by atoms with Gasteiger partial charge in [-0.05, 0) is 25.0 Å². The Hall–Kier alpha value is -3.27. The number of aliphatic imine (C=N–C) groups is 1. The number of nitroso groups, excluding NO2 is 1. The van der Waals surface area contributed by atoms with E-state index in [2.05, 4.69) is 15.5 Å². The van der Waals surface area contributed by atoms with Crippen molar-refractivity contribution >= 4 is 35.9 Å². The van der Waals surface area contributed by atoms with Crippen molar-refractivity contribution in [1.29, 1.82) is 0 Å². The molecule has 3 unspecified atom stereocenters. The second kappa shape index (κ2) is 8.82. The molecule has 2 heterocycles. The van der Waals surface area contributed by atoms with Crippen LogP contribution in [0.1, 0.15) is 35.2 Å². The first-order valence-corrected chi connectivity index (χ1v) is 9.17. The van der Waals surface area contributed by atoms with Crippen molar-refractivity contribution in [3.05, 3.63) is 34.2 Å². The molecule has 0 saturated carbocycles. The van der Waals surface area contributed by atoms with Gasteiger partial charge in [-0.1, -0.05) is 11.2 Å². The van der Waals surface area contributed by atoms with E-state index in [0.29, 0.717) is 23.1 Å². The predicted molar refractivity (Wildman–Crippen MR) is 101 cm³/mol. The monoisotopic (exact) mass is 400 g/mol. The molecule has 2 N–H and O–H groups in total. The maximum atomic E-state index is 12.8. The molecule has 1 aromatic rings. The normalized spacial score (nSPS) is 21.1. The molecule has 10 nitrogen and oxygen atoms in total. The van der Waals surface area contributed by atoms with E-state index in [1.807, 2.05) is 0 Å². The maximum absolute atomic E-state index is 12.8. The van der Waals surface area contributed by atoms with Crippen molar-refractivity contribution < 1.29 is 24.3 Å². The molecular formula is C19H20N4O6. The zero-order valence-electron chi connectivity index (χ0n) is 15.5. The first kappa shape index (κ1) is 20.5. The van der Waals surface area contributed by atoms with Crippen LogP contribution in [0.2, 0.25) is 0 Å². The van der Waals surface area contributed by atoms with Crippen LogP contribution in [0.3, 0.4) is 0 Å². The highest BCUT2D eigenvalue weighted by Crippen LogP contribution is 2.33. The molecule has 10 heteroatoms. The van der Waals surface area contributed by atoms with Crippen LogP contribution in [0.5, 0.6) is 0 Å². The van der Waals surface area contributed by atoms with Crippen LogP contribution in [0.25, 0.3) is 0 Å². The molecule has 1 aromatic carbocycles. The summed E-state index contributed by atoms with van der Waals surface area (Å²) in [7, 11) is 0. The van der Waals surface area contributed by atoms with Crippen molar-refractivity contribution in [3.8, 4) is 0 Å². The molecule has 1 saturated heterocycles. The van der Waals surface area contributed by atoms with Crippen molar-refractivity contribution in [1.82, 2.24) is 10.2 Å². The highest BCUT2D eigenvalue weighted by atomic mass is 16.3. The first-order chi connectivity index (χ1) is 13.9. The number of fused-ring (bicyclic) bond motifs is 1. The van der Waals surface area contributed by atoms with Crippen LogP contribution in [-0.4, -0.2) is 58.9 Å². The second-order valence-electron chi connectivity index (χ2n) is 6.99. The summed E-state index contributed by atoms with van der Waals surface area (Å²) in [6, 6.07) is 4.23. The Morgan fingerprint density at radius 3 is 2.79 bits per heavy atom. The molecule has 0 spiro atoms. The number of aliphatic hydroxyl groups excluding tert-OH is 1. The molecule has 2 aliphatic rings. The molecular weight excluding hydrogens is 380 g/mol. The second-order valence-corrected chi connectivity index (χ2v) is 6.99. The zero-order chi connectivity index (χ0) is 21.0. The van der Waals surface area contributed by atoms with Gasteiger partial charge in [0.25, 0.3) is 5.91 Å². The number of aliphatic hydroxyl groups is 1. The van der Waals surface area contributed by atoms with Crippen molar-refractivity contribution in [2.45, 2.75) is 38.0 Å². The van der Waals surface area contributed by atoms with E-state index in [4.69, 9.17) is 0 Å². The smallest absolute Gasteiger partial charge is 0.255 e. The fourth-order valence-electron chi connectivity index (χ4n) is 3.50. The van der Waals surface area contributed by atoms with Crippen LogP contribution >= 0.6 is 0 Å². The van der Waals surface area contributed by atoms with Crippen LogP contribution in [-0.2, 0) is 20.9 Å². The Morgan fingerprint density at radius 2 is 2.10 bits per heavy atom. The van der Waals surface area contributed by atoms with E-state index in [-0.39, 0.29) is 44.2 Å². The number of piperidine rings is 1. The Balaban J connectivity index is 1.75. The zero-order valence-corrected chi connectivity index (χ0v) is 15.5. The lowest BCUT2D eigenvalue weighted by molar-refractivity contribution is -0.136. The van der Waals surface area contributed by atoms with E-state index in [9.17, 15) is 29.2 Å². The van der Waals surface area contributed by atoms with Gasteiger partial charge in [0.1, 0.15) is 12.3 Å². The summed E-state index contributed by atoms with van der Waals surface area (Å²) in [5.74, 6) is -1.86. The number of rotatable bonds is 8. The lowest BCUT2D eigenvalue weighted by Crippen LogP contribution is -2.52. The van der Waals surface area contributed by atoms with Crippen molar-refractivity contribution in [2.24, 2.45) is 16.1 Å². The first-order valence-electron chi connectivity index (χ1n) is 9.17. The minimum atomic E-state index is -1.06. The topological polar surface area (TPSA) is 146 Å². The van der Waals surface area contributed by atoms with Crippen LogP contribution < -0.4 is 5.32 Å². The minimum Gasteiger partial charge on any atom is -0.387 e. The number of nitrogens with zero attached hydrogens (tertiary/aromatic N) is 3. The number of carbonyl (C=O) groups is 4. The molecule has 2 aliphatic heterocycles. The number of aldehydes is 1. The Morgan fingerprint density at radius 1 is 1.31 bits per heavy atom. The van der Waals surface area contributed by atoms with Gasteiger partial charge in [0.2, 0.25) is 11.8 Å². The predicted octanol–water partition coefficient (Wildman–Crippen LogP) is 0.482. The van der Waals surface area contributed by atoms with Gasteiger partial charge in [-0.3, -0.25) is 24.7 Å². The molecule has 1 fully saturated rings. The van der Waals surface area contributed by atoms with Crippen molar-refractivity contribution in [3.63, 3.8) is 0 Å². The van der Waals surface area contributed by atoms with Gasteiger partial charge in [-0.15, -0.1) is 0 Å². The average molecular weight is 400 g/mol. The van der Waals surface area contributed by atoms with E-state index < -0.39 is 24.0 Å². The van der Waals surface area contributed by atoms with E-state index in [1.54, 1.807) is 18.2 Å². The standard InChI is InChI=1S/C19H20N4O6/c24-10-11(7-21-29)6-12(25)8-20-15-3-1-2-13-14(15)9-23(19(13)28)16-4-5-17(26)22-18(16)27/h1-3,8,10-12,16,25H,4-7,9H2,(H,22,26,27)/b20-8+. The molecule has 29 heavy (non-hydrogen) atoms. The van der Waals surface area contributed by atoms with Gasteiger partial charge in [0.15, 0.2) is 0 Å². The molecule has 152 valence electrons. The Labute approximate surface area is 166 Å². The van der Waals surface area contributed by atoms with E-state index >= 15 is 0 Å². The number of imide groups is 1. The average Bonchev–Trinajstić information content (AvgIpc) is 3.03. The third-order valence-electron chi connectivity index (χ3n) is 4.99. The van der Waals surface area contributed by atoms with Gasteiger partial charge in [-0.2, -0.15) is 4.91 Å². The number of amides is 3. The lowest BCUT2D eigenvalue weighted by atomic mass is 10.0. The summed E-state index contributed by atoms with van der Waals surface area (Å²) in [6.07, 6.45) is 1.19. The largest absolute Gasteiger partial charge is 0.387 e. The number of hydrogen-bond donors (Lipinski definition) is 2. The Bertz CT molecular complexity index is 883. The summed E-state index contributed by atoms with van der Waals surface area (Å²) >= 11 is 0. The summed E-state index contributed by atoms with van der Waals surface area (Å²) in [5.41, 5.74) is 1.49. The Kier molecular flexibility index (Phi) is 6.23. The fourth-order valence-corrected chi connectivity index (χ4v) is 3.50. The summed E-state index contributed by atoms with van der Waals surface area (Å²) < 4.78 is 0. The highest BCUT2D eigenvalue weighted by molar-refractivity contribution is 6.06. The number of carbonyl (C=O) groups excluding carboxylic acids is 4. The summed E-state index contributed by atoms with van der Waals surface area (Å²) in [5, 5.41) is 15.0. The molecule has 3 amide bonds. The molecule has 3 atom stereocenters. The van der Waals surface area contributed by atoms with Crippen molar-refractivity contribution in [2.75, 3.05) is 6.54 Å². The van der Waals surface area contributed by atoms with Gasteiger partial charge in [-0.25, -0.2) is 0 Å². The van der Waals surface area contributed by atoms with Crippen LogP contribution in [0.15, 0.2) is 28.4 Å². The lowest BCUT2D eigenvalue weighted by Gasteiger charge is -2.29. The molecule has 0 bridgehead atoms. The molecule has 0 aromatic heterocycles. The minimum absolute atomic E-state index is 0.00902. The number of nitrogens with one attached hydrogen (secondary N) is 1. The molecule has 3 rings (SSSR count). The fraction of sp³-hybridized carbons (Fsp3) is 0.421. The summed E-state index contributed by atoms with van der Waals surface area (Å²) in [4.78, 5) is 63.0. The maximum Gasteiger partial charge on any atom is 0.255 e. The molecule has 0 radical (unpaired) electrons. The quantitative estimate of drug-likeness (QED) is 0.281. The van der Waals surface area contributed by atoms with Gasteiger partial charge >= 0.3 is 0 Å². The van der Waals surface area contributed by atoms with E-state index in [0.717, 1.165) is 0 Å². The SMILES string of the molecule is O=CC(CN=O)CC(O)/C=N/c1cccc2c1CN(C1CCC(=O)NC1=O)C2=O.